The van der Waals surface area contributed by atoms with E-state index in [4.69, 9.17) is 5.73 Å². The summed E-state index contributed by atoms with van der Waals surface area (Å²) in [5.41, 5.74) is 6.58. The Kier molecular flexibility index (Phi) is 2.96. The molecule has 1 aromatic heterocycles. The third-order valence-corrected chi connectivity index (χ3v) is 3.18. The summed E-state index contributed by atoms with van der Waals surface area (Å²) in [6.07, 6.45) is 4.61. The van der Waals surface area contributed by atoms with Crippen LogP contribution in [-0.4, -0.2) is 22.2 Å². The second kappa shape index (κ2) is 4.25. The first-order valence-electron chi connectivity index (χ1n) is 5.59. The molecular formula is C11H18N4O. The minimum Gasteiger partial charge on any atom is -0.354 e. The fourth-order valence-corrected chi connectivity index (χ4v) is 1.78. The van der Waals surface area contributed by atoms with Crippen molar-refractivity contribution in [3.8, 4) is 0 Å². The molecule has 1 aliphatic rings. The summed E-state index contributed by atoms with van der Waals surface area (Å²) in [6.45, 7) is 2.94. The number of aromatic nitrogens is 2. The Bertz CT molecular complexity index is 387. The molecule has 5 nitrogen and oxygen atoms in total. The first-order chi connectivity index (χ1) is 7.58. The topological polar surface area (TPSA) is 72.9 Å². The summed E-state index contributed by atoms with van der Waals surface area (Å²) in [5.74, 6) is 1.27. The van der Waals surface area contributed by atoms with Gasteiger partial charge in [0.2, 0.25) is 5.91 Å². The smallest absolute Gasteiger partial charge is 0.241 e. The van der Waals surface area contributed by atoms with Crippen LogP contribution < -0.4 is 11.1 Å². The standard InChI is InChI=1S/C11H18N4O/c1-7-3-8(7)4-13-11(16)10(12)9-5-14-15(2)6-9/h5-8,10H,3-4,12H2,1-2H3,(H,13,16). The zero-order chi connectivity index (χ0) is 11.7. The van der Waals surface area contributed by atoms with Crippen molar-refractivity contribution in [1.82, 2.24) is 15.1 Å². The normalized spacial score (nSPS) is 25.2. The number of nitrogens with one attached hydrogen (secondary N) is 1. The van der Waals surface area contributed by atoms with Crippen molar-refractivity contribution in [2.75, 3.05) is 6.54 Å². The van der Waals surface area contributed by atoms with Gasteiger partial charge in [-0.25, -0.2) is 0 Å². The molecule has 0 saturated heterocycles. The van der Waals surface area contributed by atoms with E-state index in [1.165, 1.54) is 6.42 Å². The molecular weight excluding hydrogens is 204 g/mol. The largest absolute Gasteiger partial charge is 0.354 e. The third kappa shape index (κ3) is 2.41. The highest BCUT2D eigenvalue weighted by atomic mass is 16.2. The average molecular weight is 222 g/mol. The van der Waals surface area contributed by atoms with Gasteiger partial charge in [-0.1, -0.05) is 6.92 Å². The van der Waals surface area contributed by atoms with Gasteiger partial charge in [0.05, 0.1) is 6.20 Å². The van der Waals surface area contributed by atoms with Gasteiger partial charge in [0.1, 0.15) is 6.04 Å². The Morgan fingerprint density at radius 2 is 2.50 bits per heavy atom. The fraction of sp³-hybridized carbons (Fsp3) is 0.636. The molecule has 3 unspecified atom stereocenters. The number of nitrogens with zero attached hydrogens (tertiary/aromatic N) is 2. The number of amides is 1. The van der Waals surface area contributed by atoms with E-state index in [9.17, 15) is 4.79 Å². The zero-order valence-corrected chi connectivity index (χ0v) is 9.68. The number of carbonyl (C=O) groups excluding carboxylic acids is 1. The van der Waals surface area contributed by atoms with Crippen LogP contribution in [0.2, 0.25) is 0 Å². The lowest BCUT2D eigenvalue weighted by atomic mass is 10.1. The number of carbonyl (C=O) groups is 1. The van der Waals surface area contributed by atoms with Crippen LogP contribution in [0.15, 0.2) is 12.4 Å². The molecule has 1 aliphatic carbocycles. The highest BCUT2D eigenvalue weighted by molar-refractivity contribution is 5.82. The predicted molar refractivity (Wildman–Crippen MR) is 60.4 cm³/mol. The van der Waals surface area contributed by atoms with Crippen molar-refractivity contribution in [2.45, 2.75) is 19.4 Å². The summed E-state index contributed by atoms with van der Waals surface area (Å²) in [6, 6.07) is -0.609. The Morgan fingerprint density at radius 3 is 3.00 bits per heavy atom. The van der Waals surface area contributed by atoms with Crippen LogP contribution in [-0.2, 0) is 11.8 Å². The molecule has 3 atom stereocenters. The van der Waals surface area contributed by atoms with E-state index in [0.29, 0.717) is 5.92 Å². The van der Waals surface area contributed by atoms with Gasteiger partial charge in [-0.15, -0.1) is 0 Å². The van der Waals surface area contributed by atoms with Gasteiger partial charge in [0, 0.05) is 25.4 Å². The zero-order valence-electron chi connectivity index (χ0n) is 9.68. The molecule has 1 amide bonds. The quantitative estimate of drug-likeness (QED) is 0.764. The SMILES string of the molecule is CC1CC1CNC(=O)C(N)c1cnn(C)c1. The average Bonchev–Trinajstić information content (AvgIpc) is 2.78. The molecule has 5 heteroatoms. The maximum absolute atomic E-state index is 11.7. The lowest BCUT2D eigenvalue weighted by molar-refractivity contribution is -0.122. The van der Waals surface area contributed by atoms with Crippen molar-refractivity contribution in [3.63, 3.8) is 0 Å². The van der Waals surface area contributed by atoms with E-state index in [1.54, 1.807) is 24.1 Å². The van der Waals surface area contributed by atoms with Crippen molar-refractivity contribution in [1.29, 1.82) is 0 Å². The maximum Gasteiger partial charge on any atom is 0.241 e. The molecule has 0 aliphatic heterocycles. The fourth-order valence-electron chi connectivity index (χ4n) is 1.78. The molecule has 0 aromatic carbocycles. The Labute approximate surface area is 95.0 Å². The molecule has 1 aromatic rings. The van der Waals surface area contributed by atoms with Crippen LogP contribution in [0, 0.1) is 11.8 Å². The van der Waals surface area contributed by atoms with E-state index >= 15 is 0 Å². The Balaban J connectivity index is 1.84. The number of rotatable bonds is 4. The highest BCUT2D eigenvalue weighted by Crippen LogP contribution is 2.36. The van der Waals surface area contributed by atoms with Gasteiger partial charge in [-0.05, 0) is 18.3 Å². The molecule has 2 rings (SSSR count). The molecule has 1 heterocycles. The van der Waals surface area contributed by atoms with Crippen LogP contribution in [0.4, 0.5) is 0 Å². The molecule has 1 fully saturated rings. The summed E-state index contributed by atoms with van der Waals surface area (Å²) >= 11 is 0. The molecule has 0 bridgehead atoms. The van der Waals surface area contributed by atoms with E-state index in [1.807, 2.05) is 0 Å². The van der Waals surface area contributed by atoms with E-state index in [0.717, 1.165) is 18.0 Å². The summed E-state index contributed by atoms with van der Waals surface area (Å²) in [4.78, 5) is 11.7. The van der Waals surface area contributed by atoms with Crippen LogP contribution >= 0.6 is 0 Å². The van der Waals surface area contributed by atoms with Gasteiger partial charge in [-0.2, -0.15) is 5.10 Å². The van der Waals surface area contributed by atoms with Crippen molar-refractivity contribution >= 4 is 5.91 Å². The van der Waals surface area contributed by atoms with Crippen molar-refractivity contribution in [2.24, 2.45) is 24.6 Å². The van der Waals surface area contributed by atoms with Crippen LogP contribution in [0.1, 0.15) is 24.9 Å². The Hall–Kier alpha value is -1.36. The monoisotopic (exact) mass is 222 g/mol. The van der Waals surface area contributed by atoms with E-state index < -0.39 is 6.04 Å². The number of aryl methyl sites for hydroxylation is 1. The van der Waals surface area contributed by atoms with Crippen LogP contribution in [0.3, 0.4) is 0 Å². The van der Waals surface area contributed by atoms with Crippen molar-refractivity contribution in [3.05, 3.63) is 18.0 Å². The maximum atomic E-state index is 11.7. The summed E-state index contributed by atoms with van der Waals surface area (Å²) < 4.78 is 1.64. The third-order valence-electron chi connectivity index (χ3n) is 3.18. The van der Waals surface area contributed by atoms with Gasteiger partial charge >= 0.3 is 0 Å². The second-order valence-corrected chi connectivity index (χ2v) is 4.64. The molecule has 3 N–H and O–H groups in total. The van der Waals surface area contributed by atoms with E-state index in [-0.39, 0.29) is 5.91 Å². The molecule has 0 radical (unpaired) electrons. The number of hydrogen-bond acceptors (Lipinski definition) is 3. The van der Waals surface area contributed by atoms with Gasteiger partial charge < -0.3 is 11.1 Å². The molecule has 88 valence electrons. The van der Waals surface area contributed by atoms with Crippen LogP contribution in [0.5, 0.6) is 0 Å². The second-order valence-electron chi connectivity index (χ2n) is 4.64. The Morgan fingerprint density at radius 1 is 1.81 bits per heavy atom. The lowest BCUT2D eigenvalue weighted by Crippen LogP contribution is -2.35. The van der Waals surface area contributed by atoms with Crippen molar-refractivity contribution < 1.29 is 4.79 Å². The minimum atomic E-state index is -0.609. The number of hydrogen-bond donors (Lipinski definition) is 2. The first-order valence-corrected chi connectivity index (χ1v) is 5.59. The first kappa shape index (κ1) is 11.1. The highest BCUT2D eigenvalue weighted by Gasteiger charge is 2.32. The van der Waals surface area contributed by atoms with Gasteiger partial charge in [-0.3, -0.25) is 9.48 Å². The predicted octanol–water partition coefficient (Wildman–Crippen LogP) is 0.192. The van der Waals surface area contributed by atoms with Gasteiger partial charge in [0.25, 0.3) is 0 Å². The van der Waals surface area contributed by atoms with Crippen LogP contribution in [0.25, 0.3) is 0 Å². The van der Waals surface area contributed by atoms with Gasteiger partial charge in [0.15, 0.2) is 0 Å². The lowest BCUT2D eigenvalue weighted by Gasteiger charge is -2.10. The summed E-state index contributed by atoms with van der Waals surface area (Å²) in [7, 11) is 1.81. The number of nitrogens with two attached hydrogens (primary N) is 1. The minimum absolute atomic E-state index is 0.118. The molecule has 1 saturated carbocycles. The molecule has 0 spiro atoms. The van der Waals surface area contributed by atoms with E-state index in [2.05, 4.69) is 17.3 Å². The summed E-state index contributed by atoms with van der Waals surface area (Å²) in [5, 5.41) is 6.88. The molecule has 16 heavy (non-hydrogen) atoms.